The van der Waals surface area contributed by atoms with Crippen LogP contribution in [0.2, 0.25) is 0 Å². The summed E-state index contributed by atoms with van der Waals surface area (Å²) in [4.78, 5) is 11.4. The van der Waals surface area contributed by atoms with E-state index >= 15 is 0 Å². The first-order chi connectivity index (χ1) is 8.74. The average Bonchev–Trinajstić information content (AvgIpc) is 2.78. The number of ether oxygens (including phenoxy) is 2. The van der Waals surface area contributed by atoms with Gasteiger partial charge in [0.1, 0.15) is 6.61 Å². The lowest BCUT2D eigenvalue weighted by atomic mass is 9.89. The van der Waals surface area contributed by atoms with Gasteiger partial charge in [-0.15, -0.1) is 6.58 Å². The number of nitrogens with one attached hydrogen (secondary N) is 2. The predicted octanol–water partition coefficient (Wildman–Crippen LogP) is 0.216. The molecule has 102 valence electrons. The van der Waals surface area contributed by atoms with Gasteiger partial charge in [0.2, 0.25) is 5.91 Å². The van der Waals surface area contributed by atoms with Gasteiger partial charge in [-0.1, -0.05) is 6.08 Å². The molecule has 2 fully saturated rings. The summed E-state index contributed by atoms with van der Waals surface area (Å²) in [5.41, 5.74) is -0.00644. The summed E-state index contributed by atoms with van der Waals surface area (Å²) in [5, 5.41) is 6.02. The molecule has 0 bridgehead atoms. The predicted molar refractivity (Wildman–Crippen MR) is 68.4 cm³/mol. The topological polar surface area (TPSA) is 59.6 Å². The van der Waals surface area contributed by atoms with Crippen LogP contribution in [0.5, 0.6) is 0 Å². The number of carbonyl (C=O) groups is 1. The minimum atomic E-state index is -0.0961. The number of carbonyl (C=O) groups excluding carboxylic acids is 1. The fraction of sp³-hybridized carbons (Fsp3) is 0.769. The Balaban J connectivity index is 1.69. The van der Waals surface area contributed by atoms with Crippen LogP contribution in [-0.2, 0) is 14.3 Å². The van der Waals surface area contributed by atoms with Crippen molar-refractivity contribution in [2.24, 2.45) is 0 Å². The SMILES string of the molecule is C=CCNC(=O)COC1COC2(CCNCC2)C1. The molecule has 2 saturated heterocycles. The minimum Gasteiger partial charge on any atom is -0.372 e. The van der Waals surface area contributed by atoms with Crippen molar-refractivity contribution in [3.63, 3.8) is 0 Å². The maximum atomic E-state index is 11.4. The van der Waals surface area contributed by atoms with Crippen molar-refractivity contribution in [1.82, 2.24) is 10.6 Å². The molecule has 0 aromatic rings. The molecule has 1 amide bonds. The second-order valence-electron chi connectivity index (χ2n) is 4.97. The quantitative estimate of drug-likeness (QED) is 0.689. The van der Waals surface area contributed by atoms with Gasteiger partial charge in [0, 0.05) is 13.0 Å². The molecule has 1 spiro atoms. The van der Waals surface area contributed by atoms with E-state index in [1.807, 2.05) is 0 Å². The summed E-state index contributed by atoms with van der Waals surface area (Å²) in [6.07, 6.45) is 4.69. The minimum absolute atomic E-state index is 0.00644. The van der Waals surface area contributed by atoms with E-state index in [1.54, 1.807) is 6.08 Å². The van der Waals surface area contributed by atoms with E-state index in [0.29, 0.717) is 13.2 Å². The van der Waals surface area contributed by atoms with Crippen molar-refractivity contribution in [3.05, 3.63) is 12.7 Å². The Bertz CT molecular complexity index is 301. The lowest BCUT2D eigenvalue weighted by Crippen LogP contribution is -2.41. The Kier molecular flexibility index (Phi) is 4.74. The van der Waals surface area contributed by atoms with Crippen molar-refractivity contribution in [2.45, 2.75) is 31.0 Å². The molecule has 18 heavy (non-hydrogen) atoms. The summed E-state index contributed by atoms with van der Waals surface area (Å²) in [5.74, 6) is -0.0961. The third kappa shape index (κ3) is 3.54. The Hall–Kier alpha value is -0.910. The summed E-state index contributed by atoms with van der Waals surface area (Å²) >= 11 is 0. The first kappa shape index (κ1) is 13.5. The van der Waals surface area contributed by atoms with Crippen LogP contribution in [0, 0.1) is 0 Å². The summed E-state index contributed by atoms with van der Waals surface area (Å²) < 4.78 is 11.5. The molecular weight excluding hydrogens is 232 g/mol. The molecule has 0 aromatic carbocycles. The Morgan fingerprint density at radius 3 is 3.06 bits per heavy atom. The van der Waals surface area contributed by atoms with Crippen LogP contribution in [-0.4, -0.2) is 50.5 Å². The number of piperidine rings is 1. The fourth-order valence-corrected chi connectivity index (χ4v) is 2.57. The lowest BCUT2D eigenvalue weighted by Gasteiger charge is -2.32. The van der Waals surface area contributed by atoms with Crippen LogP contribution in [0.15, 0.2) is 12.7 Å². The van der Waals surface area contributed by atoms with Crippen LogP contribution < -0.4 is 10.6 Å². The van der Waals surface area contributed by atoms with Crippen LogP contribution in [0.4, 0.5) is 0 Å². The maximum Gasteiger partial charge on any atom is 0.246 e. The highest BCUT2D eigenvalue weighted by atomic mass is 16.6. The van der Waals surface area contributed by atoms with Crippen molar-refractivity contribution < 1.29 is 14.3 Å². The Labute approximate surface area is 108 Å². The monoisotopic (exact) mass is 254 g/mol. The molecule has 2 aliphatic rings. The van der Waals surface area contributed by atoms with E-state index < -0.39 is 0 Å². The number of hydrogen-bond acceptors (Lipinski definition) is 4. The molecule has 2 N–H and O–H groups in total. The third-order valence-corrected chi connectivity index (χ3v) is 3.58. The zero-order chi connectivity index (χ0) is 12.8. The van der Waals surface area contributed by atoms with Gasteiger partial charge >= 0.3 is 0 Å². The van der Waals surface area contributed by atoms with Gasteiger partial charge in [0.15, 0.2) is 0 Å². The van der Waals surface area contributed by atoms with Crippen LogP contribution in [0.25, 0.3) is 0 Å². The standard InChI is InChI=1S/C13H22N2O3/c1-2-5-15-12(16)10-17-11-8-13(18-9-11)3-6-14-7-4-13/h2,11,14H,1,3-10H2,(H,15,16). The smallest absolute Gasteiger partial charge is 0.246 e. The largest absolute Gasteiger partial charge is 0.372 e. The van der Waals surface area contributed by atoms with Crippen molar-refractivity contribution in [1.29, 1.82) is 0 Å². The molecule has 2 rings (SSSR count). The average molecular weight is 254 g/mol. The van der Waals surface area contributed by atoms with E-state index in [4.69, 9.17) is 9.47 Å². The molecule has 0 aromatic heterocycles. The first-order valence-corrected chi connectivity index (χ1v) is 6.58. The fourth-order valence-electron chi connectivity index (χ4n) is 2.57. The summed E-state index contributed by atoms with van der Waals surface area (Å²) in [7, 11) is 0. The van der Waals surface area contributed by atoms with E-state index in [0.717, 1.165) is 32.4 Å². The molecule has 2 aliphatic heterocycles. The van der Waals surface area contributed by atoms with Gasteiger partial charge in [-0.05, 0) is 25.9 Å². The summed E-state index contributed by atoms with van der Waals surface area (Å²) in [6.45, 7) is 6.76. The second-order valence-corrected chi connectivity index (χ2v) is 4.97. The van der Waals surface area contributed by atoms with E-state index in [2.05, 4.69) is 17.2 Å². The zero-order valence-corrected chi connectivity index (χ0v) is 10.7. The number of amides is 1. The zero-order valence-electron chi connectivity index (χ0n) is 10.7. The molecule has 2 heterocycles. The van der Waals surface area contributed by atoms with E-state index in [1.165, 1.54) is 0 Å². The molecule has 5 heteroatoms. The van der Waals surface area contributed by atoms with Gasteiger partial charge < -0.3 is 20.1 Å². The number of rotatable bonds is 5. The second kappa shape index (κ2) is 6.31. The lowest BCUT2D eigenvalue weighted by molar-refractivity contribution is -0.127. The van der Waals surface area contributed by atoms with E-state index in [-0.39, 0.29) is 24.2 Å². The molecule has 1 unspecified atom stereocenters. The van der Waals surface area contributed by atoms with Crippen molar-refractivity contribution >= 4 is 5.91 Å². The van der Waals surface area contributed by atoms with Crippen LogP contribution in [0.3, 0.4) is 0 Å². The molecule has 5 nitrogen and oxygen atoms in total. The van der Waals surface area contributed by atoms with Crippen LogP contribution >= 0.6 is 0 Å². The maximum absolute atomic E-state index is 11.4. The first-order valence-electron chi connectivity index (χ1n) is 6.58. The molecule has 0 aliphatic carbocycles. The highest BCUT2D eigenvalue weighted by Gasteiger charge is 2.41. The van der Waals surface area contributed by atoms with Gasteiger partial charge in [0.05, 0.1) is 18.3 Å². The molecular formula is C13H22N2O3. The molecule has 0 saturated carbocycles. The van der Waals surface area contributed by atoms with Gasteiger partial charge in [-0.25, -0.2) is 0 Å². The molecule has 1 atom stereocenters. The normalized spacial score (nSPS) is 26.1. The number of hydrogen-bond donors (Lipinski definition) is 2. The third-order valence-electron chi connectivity index (χ3n) is 3.58. The van der Waals surface area contributed by atoms with E-state index in [9.17, 15) is 4.79 Å². The van der Waals surface area contributed by atoms with Gasteiger partial charge in [0.25, 0.3) is 0 Å². The van der Waals surface area contributed by atoms with Crippen LogP contribution in [0.1, 0.15) is 19.3 Å². The highest BCUT2D eigenvalue weighted by Crippen LogP contribution is 2.34. The Morgan fingerprint density at radius 1 is 1.56 bits per heavy atom. The highest BCUT2D eigenvalue weighted by molar-refractivity contribution is 5.77. The molecule has 0 radical (unpaired) electrons. The van der Waals surface area contributed by atoms with Gasteiger partial charge in [-0.2, -0.15) is 0 Å². The van der Waals surface area contributed by atoms with Crippen molar-refractivity contribution in [2.75, 3.05) is 32.8 Å². The summed E-state index contributed by atoms with van der Waals surface area (Å²) in [6, 6.07) is 0. The van der Waals surface area contributed by atoms with Crippen molar-refractivity contribution in [3.8, 4) is 0 Å². The van der Waals surface area contributed by atoms with Gasteiger partial charge in [-0.3, -0.25) is 4.79 Å². The Morgan fingerprint density at radius 2 is 2.33 bits per heavy atom.